The molecule has 0 saturated carbocycles. The Balaban J connectivity index is 1.82. The lowest BCUT2D eigenvalue weighted by molar-refractivity contribution is 0.108. The topological polar surface area (TPSA) is 26.3 Å². The van der Waals surface area contributed by atoms with Gasteiger partial charge in [-0.3, -0.25) is 4.79 Å². The zero-order chi connectivity index (χ0) is 19.1. The summed E-state index contributed by atoms with van der Waals surface area (Å²) in [6.45, 7) is 4.71. The van der Waals surface area contributed by atoms with Crippen LogP contribution in [-0.4, -0.2) is 17.5 Å². The second-order valence-electron chi connectivity index (χ2n) is 5.57. The van der Waals surface area contributed by atoms with Crippen molar-refractivity contribution in [3.8, 4) is 5.75 Å². The molecule has 0 aliphatic carbocycles. The molecule has 2 aromatic carbocycles. The molecular formula is C20H19F3O2S. The smallest absolute Gasteiger partial charge is 0.219 e. The fourth-order valence-corrected chi connectivity index (χ4v) is 3.17. The van der Waals surface area contributed by atoms with Crippen LogP contribution in [0.2, 0.25) is 0 Å². The van der Waals surface area contributed by atoms with E-state index < -0.39 is 28.8 Å². The zero-order valence-electron chi connectivity index (χ0n) is 14.4. The molecule has 0 aliphatic rings. The second-order valence-corrected chi connectivity index (χ2v) is 6.64. The molecule has 2 rings (SSSR count). The van der Waals surface area contributed by atoms with Gasteiger partial charge in [-0.25, -0.2) is 8.78 Å². The first-order valence-electron chi connectivity index (χ1n) is 8.11. The van der Waals surface area contributed by atoms with Gasteiger partial charge < -0.3 is 4.74 Å². The van der Waals surface area contributed by atoms with E-state index >= 15 is 0 Å². The minimum atomic E-state index is -1.30. The minimum absolute atomic E-state index is 0.0161. The molecule has 0 saturated heterocycles. The number of unbranched alkanes of at least 4 members (excludes halogenated alkanes) is 1. The van der Waals surface area contributed by atoms with Crippen molar-refractivity contribution in [2.75, 3.05) is 12.4 Å². The van der Waals surface area contributed by atoms with Crippen LogP contribution in [-0.2, 0) is 0 Å². The van der Waals surface area contributed by atoms with E-state index in [1.165, 1.54) is 18.7 Å². The number of benzene rings is 2. The highest BCUT2D eigenvalue weighted by atomic mass is 32.2. The van der Waals surface area contributed by atoms with Crippen molar-refractivity contribution in [1.29, 1.82) is 0 Å². The SMILES string of the molecule is C=Cc1c(F)c(C)c(OCCCCSC(=O)c2ccccc2)c(F)c1F. The average Bonchev–Trinajstić information content (AvgIpc) is 2.66. The first-order chi connectivity index (χ1) is 12.5. The lowest BCUT2D eigenvalue weighted by Crippen LogP contribution is -2.07. The van der Waals surface area contributed by atoms with Gasteiger partial charge in [-0.2, -0.15) is 4.39 Å². The third-order valence-electron chi connectivity index (χ3n) is 3.77. The van der Waals surface area contributed by atoms with E-state index in [4.69, 9.17) is 4.74 Å². The van der Waals surface area contributed by atoms with Crippen LogP contribution in [0.15, 0.2) is 36.9 Å². The third kappa shape index (κ3) is 4.69. The summed E-state index contributed by atoms with van der Waals surface area (Å²) in [6, 6.07) is 8.94. The van der Waals surface area contributed by atoms with E-state index in [2.05, 4.69) is 6.58 Å². The molecule has 0 bridgehead atoms. The molecule has 0 aliphatic heterocycles. The first kappa shape index (κ1) is 20.1. The molecule has 0 radical (unpaired) electrons. The van der Waals surface area contributed by atoms with Crippen LogP contribution >= 0.6 is 11.8 Å². The third-order valence-corrected chi connectivity index (χ3v) is 4.76. The van der Waals surface area contributed by atoms with E-state index in [9.17, 15) is 18.0 Å². The van der Waals surface area contributed by atoms with Crippen molar-refractivity contribution in [2.45, 2.75) is 19.8 Å². The van der Waals surface area contributed by atoms with E-state index in [1.54, 1.807) is 24.3 Å². The molecule has 138 valence electrons. The van der Waals surface area contributed by atoms with Crippen LogP contribution in [0.4, 0.5) is 13.2 Å². The Bertz CT molecular complexity index is 762. The van der Waals surface area contributed by atoms with Crippen molar-refractivity contribution in [3.05, 3.63) is 71.1 Å². The Morgan fingerprint density at radius 2 is 1.81 bits per heavy atom. The Labute approximate surface area is 155 Å². The van der Waals surface area contributed by atoms with Gasteiger partial charge in [0, 0.05) is 22.4 Å². The number of rotatable bonds is 8. The largest absolute Gasteiger partial charge is 0.490 e. The van der Waals surface area contributed by atoms with Gasteiger partial charge >= 0.3 is 0 Å². The monoisotopic (exact) mass is 380 g/mol. The van der Waals surface area contributed by atoms with Gasteiger partial charge in [0.1, 0.15) is 5.82 Å². The van der Waals surface area contributed by atoms with Gasteiger partial charge in [-0.05, 0) is 19.8 Å². The van der Waals surface area contributed by atoms with Gasteiger partial charge in [-0.1, -0.05) is 54.7 Å². The van der Waals surface area contributed by atoms with Crippen molar-refractivity contribution < 1.29 is 22.7 Å². The number of thioether (sulfide) groups is 1. The number of carbonyl (C=O) groups is 1. The molecule has 0 unspecified atom stereocenters. The van der Waals surface area contributed by atoms with E-state index in [-0.39, 0.29) is 17.3 Å². The fraction of sp³-hybridized carbons (Fsp3) is 0.250. The summed E-state index contributed by atoms with van der Waals surface area (Å²) >= 11 is 1.19. The van der Waals surface area contributed by atoms with Crippen LogP contribution in [0, 0.1) is 24.4 Å². The molecule has 0 atom stereocenters. The molecule has 0 N–H and O–H groups in total. The highest BCUT2D eigenvalue weighted by molar-refractivity contribution is 8.14. The number of halogens is 3. The molecular weight excluding hydrogens is 361 g/mol. The van der Waals surface area contributed by atoms with E-state index in [0.717, 1.165) is 6.08 Å². The van der Waals surface area contributed by atoms with Crippen LogP contribution in [0.3, 0.4) is 0 Å². The Morgan fingerprint density at radius 1 is 1.12 bits per heavy atom. The summed E-state index contributed by atoms with van der Waals surface area (Å²) in [5.41, 5.74) is 0.0512. The summed E-state index contributed by atoms with van der Waals surface area (Å²) < 4.78 is 47.0. The standard InChI is InChI=1S/C20H19F3O2S/c1-3-15-16(21)13(2)19(18(23)17(15)22)25-11-7-8-12-26-20(24)14-9-5-4-6-10-14/h3-6,9-10H,1,7-8,11-12H2,2H3. The molecule has 0 amide bonds. The van der Waals surface area contributed by atoms with Crippen LogP contribution in [0.1, 0.15) is 34.3 Å². The molecule has 6 heteroatoms. The van der Waals surface area contributed by atoms with E-state index in [1.807, 2.05) is 6.07 Å². The summed E-state index contributed by atoms with van der Waals surface area (Å²) in [6.07, 6.45) is 2.12. The first-order valence-corrected chi connectivity index (χ1v) is 9.10. The molecule has 2 nitrogen and oxygen atoms in total. The Hall–Kier alpha value is -2.21. The molecule has 26 heavy (non-hydrogen) atoms. The predicted molar refractivity (Wildman–Crippen MR) is 99.1 cm³/mol. The summed E-state index contributed by atoms with van der Waals surface area (Å²) in [4.78, 5) is 11.9. The predicted octanol–water partition coefficient (Wildman–Crippen LogP) is 5.79. The van der Waals surface area contributed by atoms with Crippen LogP contribution in [0.25, 0.3) is 6.08 Å². The number of ether oxygens (including phenoxy) is 1. The summed E-state index contributed by atoms with van der Waals surface area (Å²) in [7, 11) is 0. The highest BCUT2D eigenvalue weighted by Crippen LogP contribution is 2.31. The number of hydrogen-bond donors (Lipinski definition) is 0. The maximum Gasteiger partial charge on any atom is 0.219 e. The maximum atomic E-state index is 14.0. The fourth-order valence-electron chi connectivity index (χ4n) is 2.33. The van der Waals surface area contributed by atoms with Crippen LogP contribution < -0.4 is 4.74 Å². The van der Waals surface area contributed by atoms with Crippen molar-refractivity contribution in [1.82, 2.24) is 0 Å². The average molecular weight is 380 g/mol. The Morgan fingerprint density at radius 3 is 2.46 bits per heavy atom. The van der Waals surface area contributed by atoms with Crippen molar-refractivity contribution in [2.24, 2.45) is 0 Å². The number of carbonyl (C=O) groups excluding carboxylic acids is 1. The van der Waals surface area contributed by atoms with Crippen molar-refractivity contribution >= 4 is 23.0 Å². The quantitative estimate of drug-likeness (QED) is 0.428. The number of hydrogen-bond acceptors (Lipinski definition) is 3. The van der Waals surface area contributed by atoms with Gasteiger partial charge in [0.15, 0.2) is 11.6 Å². The lowest BCUT2D eigenvalue weighted by atomic mass is 10.1. The normalized spacial score (nSPS) is 10.6. The highest BCUT2D eigenvalue weighted by Gasteiger charge is 2.22. The summed E-state index contributed by atoms with van der Waals surface area (Å²) in [5, 5.41) is -0.0161. The zero-order valence-corrected chi connectivity index (χ0v) is 15.2. The minimum Gasteiger partial charge on any atom is -0.490 e. The van der Waals surface area contributed by atoms with Gasteiger partial charge in [0.2, 0.25) is 10.9 Å². The van der Waals surface area contributed by atoms with E-state index in [0.29, 0.717) is 24.2 Å². The maximum absolute atomic E-state index is 14.0. The second kappa shape index (κ2) is 9.48. The molecule has 0 spiro atoms. The Kier molecular flexibility index (Phi) is 7.33. The lowest BCUT2D eigenvalue weighted by Gasteiger charge is -2.13. The van der Waals surface area contributed by atoms with Gasteiger partial charge in [0.25, 0.3) is 0 Å². The van der Waals surface area contributed by atoms with Gasteiger partial charge in [0.05, 0.1) is 6.61 Å². The molecule has 0 heterocycles. The summed E-state index contributed by atoms with van der Waals surface area (Å²) in [5.74, 6) is -3.23. The molecule has 2 aromatic rings. The van der Waals surface area contributed by atoms with Crippen LogP contribution in [0.5, 0.6) is 5.75 Å². The molecule has 0 fully saturated rings. The van der Waals surface area contributed by atoms with Crippen molar-refractivity contribution in [3.63, 3.8) is 0 Å². The molecule has 0 aromatic heterocycles. The van der Waals surface area contributed by atoms with Gasteiger partial charge in [-0.15, -0.1) is 0 Å².